The number of aryl methyl sites for hydroxylation is 2. The predicted octanol–water partition coefficient (Wildman–Crippen LogP) is 3.61. The second-order valence-electron chi connectivity index (χ2n) is 7.71. The molecule has 2 aromatic carbocycles. The fourth-order valence-corrected chi connectivity index (χ4v) is 4.14. The molecule has 0 atom stereocenters. The Labute approximate surface area is 197 Å². The van der Waals surface area contributed by atoms with Crippen molar-refractivity contribution in [3.05, 3.63) is 65.9 Å². The number of benzene rings is 2. The number of hydrogen-bond acceptors (Lipinski definition) is 6. The Morgan fingerprint density at radius 3 is 2.67 bits per heavy atom. The molecule has 0 bridgehead atoms. The Hall–Kier alpha value is -3.59. The van der Waals surface area contributed by atoms with Crippen LogP contribution in [-0.2, 0) is 25.4 Å². The van der Waals surface area contributed by atoms with E-state index in [4.69, 9.17) is 4.74 Å². The molecule has 0 unspecified atom stereocenters. The van der Waals surface area contributed by atoms with Gasteiger partial charge in [0.25, 0.3) is 0 Å². The topological polar surface area (TPSA) is 86.9 Å². The molecule has 0 saturated carbocycles. The number of thioether (sulfide) groups is 1. The Kier molecular flexibility index (Phi) is 6.79. The van der Waals surface area contributed by atoms with Crippen LogP contribution in [0.4, 0.5) is 0 Å². The molecule has 4 rings (SSSR count). The normalized spacial score (nSPS) is 10.9. The van der Waals surface area contributed by atoms with Crippen molar-refractivity contribution in [2.75, 3.05) is 12.9 Å². The van der Waals surface area contributed by atoms with E-state index in [0.717, 1.165) is 28.1 Å². The number of rotatable bonds is 8. The first-order valence-electron chi connectivity index (χ1n) is 10.5. The zero-order valence-electron chi connectivity index (χ0n) is 19.1. The summed E-state index contributed by atoms with van der Waals surface area (Å²) in [6.45, 7) is 2.54. The first kappa shape index (κ1) is 22.6. The molecule has 2 aromatic heterocycles. The number of aromatic nitrogens is 5. The van der Waals surface area contributed by atoms with Crippen LogP contribution in [0.2, 0.25) is 0 Å². The molecular weight excluding hydrogens is 436 g/mol. The summed E-state index contributed by atoms with van der Waals surface area (Å²) in [5.41, 5.74) is 4.84. The van der Waals surface area contributed by atoms with Gasteiger partial charge in [-0.1, -0.05) is 53.7 Å². The van der Waals surface area contributed by atoms with Gasteiger partial charge in [0.1, 0.15) is 11.4 Å². The van der Waals surface area contributed by atoms with Crippen LogP contribution in [0.1, 0.15) is 11.1 Å². The maximum Gasteiger partial charge on any atom is 0.230 e. The van der Waals surface area contributed by atoms with E-state index in [2.05, 4.69) is 20.6 Å². The summed E-state index contributed by atoms with van der Waals surface area (Å²) in [6.07, 6.45) is 1.92. The van der Waals surface area contributed by atoms with Crippen LogP contribution in [0.25, 0.3) is 22.6 Å². The molecule has 0 spiro atoms. The Balaban J connectivity index is 1.46. The molecule has 9 heteroatoms. The largest absolute Gasteiger partial charge is 0.497 e. The summed E-state index contributed by atoms with van der Waals surface area (Å²) in [5, 5.41) is 16.9. The van der Waals surface area contributed by atoms with Crippen LogP contribution in [0.15, 0.2) is 59.9 Å². The van der Waals surface area contributed by atoms with E-state index in [-0.39, 0.29) is 11.7 Å². The van der Waals surface area contributed by atoms with Crippen molar-refractivity contribution in [3.63, 3.8) is 0 Å². The van der Waals surface area contributed by atoms with E-state index in [9.17, 15) is 4.79 Å². The molecule has 0 aliphatic heterocycles. The number of nitrogens with zero attached hydrogens (tertiary/aromatic N) is 5. The van der Waals surface area contributed by atoms with Crippen molar-refractivity contribution in [1.82, 2.24) is 29.9 Å². The lowest BCUT2D eigenvalue weighted by Gasteiger charge is -2.07. The van der Waals surface area contributed by atoms with Gasteiger partial charge < -0.3 is 14.6 Å². The summed E-state index contributed by atoms with van der Waals surface area (Å²) in [7, 11) is 5.41. The van der Waals surface area contributed by atoms with E-state index in [1.807, 2.05) is 80.3 Å². The van der Waals surface area contributed by atoms with Crippen molar-refractivity contribution >= 4 is 17.7 Å². The van der Waals surface area contributed by atoms with E-state index in [0.29, 0.717) is 17.5 Å². The van der Waals surface area contributed by atoms with Crippen LogP contribution >= 0.6 is 11.8 Å². The van der Waals surface area contributed by atoms with E-state index >= 15 is 0 Å². The monoisotopic (exact) mass is 462 g/mol. The summed E-state index contributed by atoms with van der Waals surface area (Å²) < 4.78 is 9.00. The smallest absolute Gasteiger partial charge is 0.230 e. The SMILES string of the molecule is COc1cccc(-c2nn(C)cc2-c2nnc(SCC(=O)NCc3ccc(C)cc3)n2C)c1. The summed E-state index contributed by atoms with van der Waals surface area (Å²) in [6, 6.07) is 15.9. The quantitative estimate of drug-likeness (QED) is 0.403. The molecule has 170 valence electrons. The minimum absolute atomic E-state index is 0.0522. The minimum Gasteiger partial charge on any atom is -0.497 e. The molecule has 0 saturated heterocycles. The maximum absolute atomic E-state index is 12.3. The second kappa shape index (κ2) is 9.91. The second-order valence-corrected chi connectivity index (χ2v) is 8.66. The predicted molar refractivity (Wildman–Crippen MR) is 129 cm³/mol. The zero-order valence-corrected chi connectivity index (χ0v) is 19.9. The van der Waals surface area contributed by atoms with Gasteiger partial charge >= 0.3 is 0 Å². The first-order chi connectivity index (χ1) is 15.9. The Morgan fingerprint density at radius 2 is 1.91 bits per heavy atom. The number of carbonyl (C=O) groups excluding carboxylic acids is 1. The molecule has 1 N–H and O–H groups in total. The van der Waals surface area contributed by atoms with Gasteiger partial charge in [0, 0.05) is 32.4 Å². The average molecular weight is 463 g/mol. The Bertz CT molecular complexity index is 1260. The van der Waals surface area contributed by atoms with Gasteiger partial charge in [-0.15, -0.1) is 10.2 Å². The van der Waals surface area contributed by atoms with Crippen molar-refractivity contribution in [1.29, 1.82) is 0 Å². The lowest BCUT2D eigenvalue weighted by atomic mass is 10.1. The summed E-state index contributed by atoms with van der Waals surface area (Å²) in [4.78, 5) is 12.3. The van der Waals surface area contributed by atoms with E-state index in [1.54, 1.807) is 11.8 Å². The van der Waals surface area contributed by atoms with Gasteiger partial charge in [0.05, 0.1) is 18.4 Å². The zero-order chi connectivity index (χ0) is 23.4. The molecule has 0 aliphatic carbocycles. The van der Waals surface area contributed by atoms with Crippen molar-refractivity contribution in [2.45, 2.75) is 18.6 Å². The highest BCUT2D eigenvalue weighted by molar-refractivity contribution is 7.99. The van der Waals surface area contributed by atoms with Gasteiger partial charge in [-0.05, 0) is 24.6 Å². The fraction of sp³-hybridized carbons (Fsp3) is 0.250. The van der Waals surface area contributed by atoms with Crippen LogP contribution in [0.5, 0.6) is 5.75 Å². The fourth-order valence-electron chi connectivity index (χ4n) is 3.40. The molecule has 0 aliphatic rings. The molecule has 4 aromatic rings. The highest BCUT2D eigenvalue weighted by atomic mass is 32.2. The number of amides is 1. The number of nitrogens with one attached hydrogen (secondary N) is 1. The average Bonchev–Trinajstić information content (AvgIpc) is 3.39. The van der Waals surface area contributed by atoms with Crippen molar-refractivity contribution in [2.24, 2.45) is 14.1 Å². The lowest BCUT2D eigenvalue weighted by molar-refractivity contribution is -0.118. The molecule has 0 radical (unpaired) electrons. The third-order valence-corrected chi connectivity index (χ3v) is 6.21. The van der Waals surface area contributed by atoms with Crippen LogP contribution < -0.4 is 10.1 Å². The maximum atomic E-state index is 12.3. The van der Waals surface area contributed by atoms with Gasteiger partial charge in [0.2, 0.25) is 5.91 Å². The Morgan fingerprint density at radius 1 is 1.12 bits per heavy atom. The molecule has 1 amide bonds. The van der Waals surface area contributed by atoms with Crippen LogP contribution in [0, 0.1) is 6.92 Å². The standard InChI is InChI=1S/C24H26N6O2S/c1-16-8-10-17(11-9-16)13-25-21(31)15-33-24-27-26-23(30(24)3)20-14-29(2)28-22(20)18-6-5-7-19(12-18)32-4/h5-12,14H,13,15H2,1-4H3,(H,25,31). The highest BCUT2D eigenvalue weighted by Gasteiger charge is 2.19. The third-order valence-electron chi connectivity index (χ3n) is 5.19. The highest BCUT2D eigenvalue weighted by Crippen LogP contribution is 2.32. The number of hydrogen-bond donors (Lipinski definition) is 1. The number of carbonyl (C=O) groups is 1. The molecule has 8 nitrogen and oxygen atoms in total. The summed E-state index contributed by atoms with van der Waals surface area (Å²) in [5.74, 6) is 1.65. The minimum atomic E-state index is -0.0522. The number of methoxy groups -OCH3 is 1. The molecule has 0 fully saturated rings. The molecule has 33 heavy (non-hydrogen) atoms. The van der Waals surface area contributed by atoms with Crippen molar-refractivity contribution in [3.8, 4) is 28.4 Å². The molecule has 2 heterocycles. The van der Waals surface area contributed by atoms with Crippen molar-refractivity contribution < 1.29 is 9.53 Å². The third kappa shape index (κ3) is 5.25. The lowest BCUT2D eigenvalue weighted by Crippen LogP contribution is -2.24. The van der Waals surface area contributed by atoms with E-state index < -0.39 is 0 Å². The van der Waals surface area contributed by atoms with Gasteiger partial charge in [0.15, 0.2) is 11.0 Å². The number of ether oxygens (including phenoxy) is 1. The van der Waals surface area contributed by atoms with Crippen LogP contribution in [0.3, 0.4) is 0 Å². The van der Waals surface area contributed by atoms with E-state index in [1.165, 1.54) is 17.3 Å². The van der Waals surface area contributed by atoms with Crippen LogP contribution in [-0.4, -0.2) is 43.3 Å². The van der Waals surface area contributed by atoms with Gasteiger partial charge in [-0.3, -0.25) is 9.48 Å². The van der Waals surface area contributed by atoms with Gasteiger partial charge in [-0.2, -0.15) is 5.10 Å². The first-order valence-corrected chi connectivity index (χ1v) is 11.5. The summed E-state index contributed by atoms with van der Waals surface area (Å²) >= 11 is 1.35. The van der Waals surface area contributed by atoms with Gasteiger partial charge in [-0.25, -0.2) is 0 Å². The molecular formula is C24H26N6O2S.